The highest BCUT2D eigenvalue weighted by Gasteiger charge is 2.15. The average molecular weight is 379 g/mol. The van der Waals surface area contributed by atoms with E-state index in [9.17, 15) is 0 Å². The molecule has 0 aromatic carbocycles. The summed E-state index contributed by atoms with van der Waals surface area (Å²) in [5.74, 6) is 2.03. The van der Waals surface area contributed by atoms with Crippen LogP contribution in [-0.2, 0) is 16.0 Å². The number of rotatable bonds is 11. The lowest BCUT2D eigenvalue weighted by Gasteiger charge is -2.12. The molecule has 1 fully saturated rings. The second-order valence-corrected chi connectivity index (χ2v) is 6.95. The summed E-state index contributed by atoms with van der Waals surface area (Å²) in [4.78, 5) is 8.92. The van der Waals surface area contributed by atoms with Gasteiger partial charge in [0.2, 0.25) is 5.88 Å². The lowest BCUT2D eigenvalue weighted by Crippen LogP contribution is -2.38. The predicted molar refractivity (Wildman–Crippen MR) is 107 cm³/mol. The van der Waals surface area contributed by atoms with E-state index >= 15 is 0 Å². The smallest absolute Gasteiger partial charge is 0.213 e. The quantitative estimate of drug-likeness (QED) is 0.350. The van der Waals surface area contributed by atoms with E-state index in [0.717, 1.165) is 63.9 Å². The highest BCUT2D eigenvalue weighted by Crippen LogP contribution is 2.12. The van der Waals surface area contributed by atoms with Gasteiger partial charge in [0.15, 0.2) is 5.96 Å². The molecule has 1 aromatic rings. The average Bonchev–Trinajstić information content (AvgIpc) is 3.16. The molecule has 2 rings (SSSR count). The van der Waals surface area contributed by atoms with Gasteiger partial charge >= 0.3 is 0 Å². The van der Waals surface area contributed by atoms with E-state index in [1.54, 1.807) is 0 Å². The molecule has 1 saturated heterocycles. The lowest BCUT2D eigenvalue weighted by atomic mass is 10.1. The van der Waals surface area contributed by atoms with Crippen LogP contribution >= 0.6 is 0 Å². The standard InChI is InChI=1S/C20H34N4O3/c1-4-21-20(22-9-5-10-25-14-18-8-11-26-15-18)24-13-17-6-7-19(23-12-17)27-16(2)3/h6-7,12,16,18H,4-5,8-11,13-15H2,1-3H3,(H2,21,22,24). The first-order chi connectivity index (χ1) is 13.2. The summed E-state index contributed by atoms with van der Waals surface area (Å²) in [6, 6.07) is 3.89. The van der Waals surface area contributed by atoms with Gasteiger partial charge in [-0.25, -0.2) is 9.98 Å². The molecular formula is C20H34N4O3. The minimum Gasteiger partial charge on any atom is -0.475 e. The number of hydrogen-bond acceptors (Lipinski definition) is 5. The highest BCUT2D eigenvalue weighted by molar-refractivity contribution is 5.79. The molecule has 0 bridgehead atoms. The number of pyridine rings is 1. The number of aromatic nitrogens is 1. The third kappa shape index (κ3) is 9.06. The summed E-state index contributed by atoms with van der Waals surface area (Å²) in [6.45, 7) is 11.5. The van der Waals surface area contributed by atoms with E-state index < -0.39 is 0 Å². The summed E-state index contributed by atoms with van der Waals surface area (Å²) >= 11 is 0. The zero-order chi connectivity index (χ0) is 19.3. The molecule has 0 radical (unpaired) electrons. The maximum Gasteiger partial charge on any atom is 0.213 e. The number of guanidine groups is 1. The Morgan fingerprint density at radius 3 is 2.93 bits per heavy atom. The summed E-state index contributed by atoms with van der Waals surface area (Å²) in [6.07, 6.45) is 4.00. The van der Waals surface area contributed by atoms with Crippen LogP contribution in [0, 0.1) is 5.92 Å². The molecule has 1 atom stereocenters. The molecule has 1 unspecified atom stereocenters. The van der Waals surface area contributed by atoms with Crippen molar-refractivity contribution in [3.8, 4) is 5.88 Å². The number of nitrogens with zero attached hydrogens (tertiary/aromatic N) is 2. The predicted octanol–water partition coefficient (Wildman–Crippen LogP) is 2.37. The molecule has 0 spiro atoms. The van der Waals surface area contributed by atoms with Gasteiger partial charge in [-0.3, -0.25) is 0 Å². The fourth-order valence-corrected chi connectivity index (χ4v) is 2.67. The van der Waals surface area contributed by atoms with Crippen molar-refractivity contribution in [2.24, 2.45) is 10.9 Å². The van der Waals surface area contributed by atoms with Crippen molar-refractivity contribution in [1.29, 1.82) is 0 Å². The topological polar surface area (TPSA) is 77.0 Å². The number of ether oxygens (including phenoxy) is 3. The van der Waals surface area contributed by atoms with Crippen LogP contribution in [-0.4, -0.2) is 56.6 Å². The van der Waals surface area contributed by atoms with Crippen molar-refractivity contribution < 1.29 is 14.2 Å². The first-order valence-corrected chi connectivity index (χ1v) is 9.96. The Balaban J connectivity index is 1.66. The van der Waals surface area contributed by atoms with Crippen molar-refractivity contribution >= 4 is 5.96 Å². The van der Waals surface area contributed by atoms with Gasteiger partial charge in [0.1, 0.15) is 0 Å². The third-order valence-corrected chi connectivity index (χ3v) is 4.05. The summed E-state index contributed by atoms with van der Waals surface area (Å²) in [5, 5.41) is 6.61. The number of aliphatic imine (C=N–C) groups is 1. The molecule has 2 N–H and O–H groups in total. The summed E-state index contributed by atoms with van der Waals surface area (Å²) in [7, 11) is 0. The van der Waals surface area contributed by atoms with Crippen LogP contribution in [0.3, 0.4) is 0 Å². The van der Waals surface area contributed by atoms with Gasteiger partial charge in [-0.05, 0) is 39.2 Å². The van der Waals surface area contributed by atoms with Crippen LogP contribution in [0.1, 0.15) is 39.2 Å². The molecule has 0 amide bonds. The number of nitrogens with one attached hydrogen (secondary N) is 2. The molecule has 1 aromatic heterocycles. The largest absolute Gasteiger partial charge is 0.475 e. The van der Waals surface area contributed by atoms with Crippen LogP contribution in [0.25, 0.3) is 0 Å². The van der Waals surface area contributed by atoms with E-state index in [1.807, 2.05) is 32.2 Å². The fourth-order valence-electron chi connectivity index (χ4n) is 2.67. The Labute approximate surface area is 162 Å². The lowest BCUT2D eigenvalue weighted by molar-refractivity contribution is 0.0888. The second kappa shape index (κ2) is 12.5. The minimum absolute atomic E-state index is 0.126. The molecule has 152 valence electrons. The van der Waals surface area contributed by atoms with Crippen molar-refractivity contribution in [1.82, 2.24) is 15.6 Å². The minimum atomic E-state index is 0.126. The Bertz CT molecular complexity index is 543. The van der Waals surface area contributed by atoms with E-state index in [2.05, 4.69) is 27.5 Å². The van der Waals surface area contributed by atoms with E-state index in [0.29, 0.717) is 18.3 Å². The molecule has 7 nitrogen and oxygen atoms in total. The first-order valence-electron chi connectivity index (χ1n) is 9.96. The zero-order valence-electron chi connectivity index (χ0n) is 16.9. The Morgan fingerprint density at radius 1 is 1.37 bits per heavy atom. The van der Waals surface area contributed by atoms with Crippen molar-refractivity contribution in [2.75, 3.05) is 39.5 Å². The monoisotopic (exact) mass is 378 g/mol. The van der Waals surface area contributed by atoms with E-state index in [1.165, 1.54) is 0 Å². The van der Waals surface area contributed by atoms with Crippen LogP contribution in [0.2, 0.25) is 0 Å². The van der Waals surface area contributed by atoms with Crippen LogP contribution < -0.4 is 15.4 Å². The molecule has 2 heterocycles. The normalized spacial score (nSPS) is 17.3. The SMILES string of the molecule is CCNC(=NCc1ccc(OC(C)C)nc1)NCCCOCC1CCOC1. The van der Waals surface area contributed by atoms with Gasteiger partial charge in [0.05, 0.1) is 25.9 Å². The summed E-state index contributed by atoms with van der Waals surface area (Å²) in [5.41, 5.74) is 1.05. The molecular weight excluding hydrogens is 344 g/mol. The Hall–Kier alpha value is -1.86. The number of hydrogen-bond donors (Lipinski definition) is 2. The van der Waals surface area contributed by atoms with Gasteiger partial charge in [-0.1, -0.05) is 6.07 Å². The molecule has 27 heavy (non-hydrogen) atoms. The highest BCUT2D eigenvalue weighted by atomic mass is 16.5. The van der Waals surface area contributed by atoms with Crippen LogP contribution in [0.15, 0.2) is 23.3 Å². The van der Waals surface area contributed by atoms with Crippen molar-refractivity contribution in [3.63, 3.8) is 0 Å². The molecule has 1 aliphatic heterocycles. The maximum absolute atomic E-state index is 5.73. The van der Waals surface area contributed by atoms with Gasteiger partial charge in [-0.15, -0.1) is 0 Å². The van der Waals surface area contributed by atoms with Gasteiger partial charge < -0.3 is 24.8 Å². The summed E-state index contributed by atoms with van der Waals surface area (Å²) < 4.78 is 16.6. The fraction of sp³-hybridized carbons (Fsp3) is 0.700. The Kier molecular flexibility index (Phi) is 9.94. The maximum atomic E-state index is 5.73. The van der Waals surface area contributed by atoms with Crippen molar-refractivity contribution in [2.45, 2.75) is 46.3 Å². The zero-order valence-corrected chi connectivity index (χ0v) is 16.9. The van der Waals surface area contributed by atoms with Crippen LogP contribution in [0.5, 0.6) is 5.88 Å². The molecule has 7 heteroatoms. The van der Waals surface area contributed by atoms with Gasteiger partial charge in [-0.2, -0.15) is 0 Å². The molecule has 0 aliphatic carbocycles. The second-order valence-electron chi connectivity index (χ2n) is 6.95. The van der Waals surface area contributed by atoms with E-state index in [-0.39, 0.29) is 6.10 Å². The molecule has 1 aliphatic rings. The molecule has 0 saturated carbocycles. The third-order valence-electron chi connectivity index (χ3n) is 4.05. The Morgan fingerprint density at radius 2 is 2.26 bits per heavy atom. The van der Waals surface area contributed by atoms with Crippen LogP contribution in [0.4, 0.5) is 0 Å². The van der Waals surface area contributed by atoms with Crippen molar-refractivity contribution in [3.05, 3.63) is 23.9 Å². The van der Waals surface area contributed by atoms with Gasteiger partial charge in [0, 0.05) is 44.5 Å². The first kappa shape index (κ1) is 21.4. The van der Waals surface area contributed by atoms with E-state index in [4.69, 9.17) is 14.2 Å². The van der Waals surface area contributed by atoms with Gasteiger partial charge in [0.25, 0.3) is 0 Å².